The second-order valence-corrected chi connectivity index (χ2v) is 3.13. The smallest absolute Gasteiger partial charge is 0.123 e. The third-order valence-corrected chi connectivity index (χ3v) is 2.65. The predicted octanol–water partition coefficient (Wildman–Crippen LogP) is 1.25. The van der Waals surface area contributed by atoms with E-state index in [2.05, 4.69) is 6.92 Å². The van der Waals surface area contributed by atoms with Gasteiger partial charge in [0.2, 0.25) is 0 Å². The van der Waals surface area contributed by atoms with Crippen LogP contribution in [0.2, 0.25) is 0 Å². The van der Waals surface area contributed by atoms with Crippen LogP contribution in [0.25, 0.3) is 0 Å². The van der Waals surface area contributed by atoms with Crippen molar-refractivity contribution in [3.05, 3.63) is 0 Å². The number of carbonyl (C=O) groups excluding carboxylic acids is 1. The van der Waals surface area contributed by atoms with Crippen molar-refractivity contribution in [2.24, 2.45) is 11.3 Å². The van der Waals surface area contributed by atoms with Crippen molar-refractivity contribution in [3.8, 4) is 0 Å². The fourth-order valence-electron chi connectivity index (χ4n) is 1.30. The largest absolute Gasteiger partial charge is 0.380 e. The van der Waals surface area contributed by atoms with Gasteiger partial charge in [0.25, 0.3) is 0 Å². The summed E-state index contributed by atoms with van der Waals surface area (Å²) >= 11 is 0. The maximum absolute atomic E-state index is 10.4. The van der Waals surface area contributed by atoms with Crippen molar-refractivity contribution in [2.45, 2.75) is 20.3 Å². The van der Waals surface area contributed by atoms with Crippen LogP contribution in [0.5, 0.6) is 0 Å². The molecule has 1 atom stereocenters. The molecule has 0 saturated carbocycles. The van der Waals surface area contributed by atoms with E-state index in [-0.39, 0.29) is 11.3 Å². The van der Waals surface area contributed by atoms with Gasteiger partial charge in [-0.3, -0.25) is 0 Å². The molecule has 0 N–H and O–H groups in total. The van der Waals surface area contributed by atoms with Gasteiger partial charge >= 0.3 is 0 Å². The molecule has 58 valence electrons. The molecule has 1 saturated heterocycles. The van der Waals surface area contributed by atoms with Crippen LogP contribution in [0, 0.1) is 11.3 Å². The van der Waals surface area contributed by atoms with Gasteiger partial charge in [0, 0.05) is 11.3 Å². The summed E-state index contributed by atoms with van der Waals surface area (Å²) in [6, 6.07) is 0. The van der Waals surface area contributed by atoms with Crippen molar-refractivity contribution in [1.82, 2.24) is 0 Å². The van der Waals surface area contributed by atoms with Gasteiger partial charge in [0.1, 0.15) is 6.29 Å². The molecule has 0 amide bonds. The van der Waals surface area contributed by atoms with E-state index in [4.69, 9.17) is 4.74 Å². The zero-order chi connectivity index (χ0) is 7.61. The van der Waals surface area contributed by atoms with Crippen molar-refractivity contribution in [3.63, 3.8) is 0 Å². The summed E-state index contributed by atoms with van der Waals surface area (Å²) in [6.45, 7) is 5.62. The monoisotopic (exact) mass is 142 g/mol. The van der Waals surface area contributed by atoms with E-state index >= 15 is 0 Å². The van der Waals surface area contributed by atoms with Gasteiger partial charge in [-0.15, -0.1) is 0 Å². The van der Waals surface area contributed by atoms with Crippen LogP contribution in [-0.2, 0) is 9.53 Å². The van der Waals surface area contributed by atoms with Gasteiger partial charge in [0.15, 0.2) is 0 Å². The maximum Gasteiger partial charge on any atom is 0.123 e. The van der Waals surface area contributed by atoms with Gasteiger partial charge < -0.3 is 9.53 Å². The number of hydrogen-bond donors (Lipinski definition) is 0. The van der Waals surface area contributed by atoms with Crippen LogP contribution in [0.3, 0.4) is 0 Å². The summed E-state index contributed by atoms with van der Waals surface area (Å²) in [5.74, 6) is 0.159. The second-order valence-electron chi connectivity index (χ2n) is 3.13. The van der Waals surface area contributed by atoms with Gasteiger partial charge in [-0.2, -0.15) is 0 Å². The molecule has 1 rings (SSSR count). The molecule has 1 unspecified atom stereocenters. The summed E-state index contributed by atoms with van der Waals surface area (Å²) in [6.07, 6.45) is 2.08. The quantitative estimate of drug-likeness (QED) is 0.554. The molecule has 0 aliphatic carbocycles. The van der Waals surface area contributed by atoms with E-state index < -0.39 is 0 Å². The summed E-state index contributed by atoms with van der Waals surface area (Å²) < 4.78 is 5.09. The standard InChI is InChI=1S/C8H14O2/c1-3-8(5-10-6-8)7(2)4-9/h4,7H,3,5-6H2,1-2H3. The summed E-state index contributed by atoms with van der Waals surface area (Å²) in [5, 5.41) is 0. The lowest BCUT2D eigenvalue weighted by molar-refractivity contribution is -0.152. The van der Waals surface area contributed by atoms with E-state index in [1.807, 2.05) is 6.92 Å². The van der Waals surface area contributed by atoms with Crippen molar-refractivity contribution in [1.29, 1.82) is 0 Å². The first-order valence-corrected chi connectivity index (χ1v) is 3.78. The topological polar surface area (TPSA) is 26.3 Å². The highest BCUT2D eigenvalue weighted by Crippen LogP contribution is 2.37. The number of carbonyl (C=O) groups is 1. The van der Waals surface area contributed by atoms with Crippen LogP contribution in [0.15, 0.2) is 0 Å². The molecule has 0 bridgehead atoms. The first-order chi connectivity index (χ1) is 4.75. The minimum absolute atomic E-state index is 0.159. The molecule has 0 aromatic heterocycles. The lowest BCUT2D eigenvalue weighted by Gasteiger charge is -2.43. The summed E-state index contributed by atoms with van der Waals surface area (Å²) in [7, 11) is 0. The van der Waals surface area contributed by atoms with E-state index in [0.29, 0.717) is 0 Å². The van der Waals surface area contributed by atoms with E-state index in [0.717, 1.165) is 25.9 Å². The Labute approximate surface area is 61.6 Å². The Morgan fingerprint density at radius 3 is 2.40 bits per heavy atom. The minimum Gasteiger partial charge on any atom is -0.380 e. The van der Waals surface area contributed by atoms with Gasteiger partial charge in [-0.25, -0.2) is 0 Å². The molecular weight excluding hydrogens is 128 g/mol. The Hall–Kier alpha value is -0.370. The molecule has 1 aliphatic rings. The molecule has 1 fully saturated rings. The Bertz CT molecular complexity index is 122. The second kappa shape index (κ2) is 2.70. The first kappa shape index (κ1) is 7.73. The Balaban J connectivity index is 2.54. The molecule has 2 nitrogen and oxygen atoms in total. The van der Waals surface area contributed by atoms with E-state index in [1.165, 1.54) is 0 Å². The van der Waals surface area contributed by atoms with Crippen molar-refractivity contribution >= 4 is 6.29 Å². The highest BCUT2D eigenvalue weighted by atomic mass is 16.5. The van der Waals surface area contributed by atoms with E-state index in [1.54, 1.807) is 0 Å². The minimum atomic E-state index is 0.159. The normalized spacial score (nSPS) is 25.0. The number of ether oxygens (including phenoxy) is 1. The summed E-state index contributed by atoms with van der Waals surface area (Å²) in [4.78, 5) is 10.4. The molecule has 10 heavy (non-hydrogen) atoms. The molecule has 0 spiro atoms. The van der Waals surface area contributed by atoms with Crippen LogP contribution in [0.1, 0.15) is 20.3 Å². The highest BCUT2D eigenvalue weighted by molar-refractivity contribution is 5.54. The number of hydrogen-bond acceptors (Lipinski definition) is 2. The van der Waals surface area contributed by atoms with Crippen LogP contribution < -0.4 is 0 Å². The molecule has 2 heteroatoms. The number of aldehydes is 1. The first-order valence-electron chi connectivity index (χ1n) is 3.78. The SMILES string of the molecule is CCC1(C(C)C=O)COC1. The lowest BCUT2D eigenvalue weighted by atomic mass is 9.73. The lowest BCUT2D eigenvalue weighted by Crippen LogP contribution is -2.47. The Morgan fingerprint density at radius 1 is 1.70 bits per heavy atom. The van der Waals surface area contributed by atoms with Crippen molar-refractivity contribution < 1.29 is 9.53 Å². The zero-order valence-corrected chi connectivity index (χ0v) is 6.59. The molecule has 1 aliphatic heterocycles. The molecule has 0 aromatic carbocycles. The zero-order valence-electron chi connectivity index (χ0n) is 6.59. The van der Waals surface area contributed by atoms with Gasteiger partial charge in [0.05, 0.1) is 13.2 Å². The highest BCUT2D eigenvalue weighted by Gasteiger charge is 2.41. The Morgan fingerprint density at radius 2 is 2.30 bits per heavy atom. The maximum atomic E-state index is 10.4. The van der Waals surface area contributed by atoms with E-state index in [9.17, 15) is 4.79 Å². The fourth-order valence-corrected chi connectivity index (χ4v) is 1.30. The third-order valence-electron chi connectivity index (χ3n) is 2.65. The average molecular weight is 142 g/mol. The Kier molecular flexibility index (Phi) is 2.09. The van der Waals surface area contributed by atoms with Crippen LogP contribution in [0.4, 0.5) is 0 Å². The van der Waals surface area contributed by atoms with Gasteiger partial charge in [-0.1, -0.05) is 13.8 Å². The third kappa shape index (κ3) is 0.966. The van der Waals surface area contributed by atoms with Crippen LogP contribution >= 0.6 is 0 Å². The molecule has 0 radical (unpaired) electrons. The van der Waals surface area contributed by atoms with Gasteiger partial charge in [-0.05, 0) is 6.42 Å². The molecular formula is C8H14O2. The molecule has 1 heterocycles. The fraction of sp³-hybridized carbons (Fsp3) is 0.875. The summed E-state index contributed by atoms with van der Waals surface area (Å²) in [5.41, 5.74) is 0.182. The average Bonchev–Trinajstić information content (AvgIpc) is 1.86. The van der Waals surface area contributed by atoms with Crippen molar-refractivity contribution in [2.75, 3.05) is 13.2 Å². The molecule has 0 aromatic rings. The predicted molar refractivity (Wildman–Crippen MR) is 38.8 cm³/mol. The number of rotatable bonds is 3. The van der Waals surface area contributed by atoms with Crippen LogP contribution in [-0.4, -0.2) is 19.5 Å².